The van der Waals surface area contributed by atoms with Gasteiger partial charge in [0.15, 0.2) is 0 Å². The maximum Gasteiger partial charge on any atom is 0.435 e. The van der Waals surface area contributed by atoms with Crippen molar-refractivity contribution >= 4 is 25.1 Å². The highest BCUT2D eigenvalue weighted by Gasteiger charge is 2.33. The van der Waals surface area contributed by atoms with Crippen molar-refractivity contribution in [1.29, 1.82) is 0 Å². The Balaban J connectivity index is 4.32. The molecule has 0 bridgehead atoms. The number of unbranched alkanes of at least 4 members (excludes halogenated alkanes) is 14. The van der Waals surface area contributed by atoms with Gasteiger partial charge in [0.05, 0.1) is 19.3 Å². The van der Waals surface area contributed by atoms with Crippen molar-refractivity contribution in [2.75, 3.05) is 25.6 Å². The second-order valence-electron chi connectivity index (χ2n) is 12.5. The lowest BCUT2D eigenvalue weighted by atomic mass is 9.99. The molecule has 1 N–H and O–H groups in total. The minimum Gasteiger partial charge on any atom is -0.456 e. The zero-order valence-electron chi connectivity index (χ0n) is 27.1. The molecule has 0 aliphatic heterocycles. The molecule has 0 aliphatic rings. The molecule has 0 aromatic heterocycles. The second kappa shape index (κ2) is 25.4. The van der Waals surface area contributed by atoms with E-state index in [1.807, 2.05) is 20.8 Å². The van der Waals surface area contributed by atoms with Crippen LogP contribution in [0.1, 0.15) is 157 Å². The Kier molecular flexibility index (Phi) is 25.4. The van der Waals surface area contributed by atoms with Crippen LogP contribution in [0.15, 0.2) is 0 Å². The van der Waals surface area contributed by atoms with Crippen LogP contribution in [-0.2, 0) is 18.6 Å². The fraction of sp³-hybridized carbons (Fsp3) is 0.969. The van der Waals surface area contributed by atoms with E-state index in [4.69, 9.17) is 14.0 Å². The van der Waals surface area contributed by atoms with E-state index in [1.165, 1.54) is 108 Å². The highest BCUT2D eigenvalue weighted by molar-refractivity contribution is 7.99. The number of carbonyl (C=O) groups excluding carboxylic acids is 1. The highest BCUT2D eigenvalue weighted by atomic mass is 32.2. The van der Waals surface area contributed by atoms with Gasteiger partial charge in [0.25, 0.3) is 0 Å². The lowest BCUT2D eigenvalue weighted by Gasteiger charge is -2.24. The van der Waals surface area contributed by atoms with Crippen LogP contribution < -0.4 is 0 Å². The molecule has 0 amide bonds. The van der Waals surface area contributed by atoms with Crippen molar-refractivity contribution in [3.05, 3.63) is 0 Å². The molecule has 3 atom stereocenters. The fourth-order valence-corrected chi connectivity index (χ4v) is 6.51. The van der Waals surface area contributed by atoms with Gasteiger partial charge in [0, 0.05) is 11.9 Å². The van der Waals surface area contributed by atoms with Crippen molar-refractivity contribution in [2.24, 2.45) is 5.41 Å². The van der Waals surface area contributed by atoms with E-state index in [9.17, 15) is 14.3 Å². The minimum absolute atomic E-state index is 0.0149. The van der Waals surface area contributed by atoms with Crippen molar-refractivity contribution in [3.8, 4) is 0 Å². The van der Waals surface area contributed by atoms with Gasteiger partial charge in [-0.05, 0) is 37.4 Å². The molecule has 0 rings (SSSR count). The standard InChI is InChI=1S/C32H65O6PS/c1-7-9-11-13-15-16-17-18-20-22-27-40-30(24-21-19-14-12-10-8-2)29(3)36-25-23-26-38-39(34,35)31(33)37-28-32(4,5)6/h29-30H,7-28H2,1-6H3,(H,34,35). The summed E-state index contributed by atoms with van der Waals surface area (Å²) in [7, 11) is -4.44. The van der Waals surface area contributed by atoms with E-state index < -0.39 is 13.3 Å². The lowest BCUT2D eigenvalue weighted by Crippen LogP contribution is -2.25. The predicted octanol–water partition coefficient (Wildman–Crippen LogP) is 10.9. The quantitative estimate of drug-likeness (QED) is 0.0699. The van der Waals surface area contributed by atoms with Crippen LogP contribution in [0.25, 0.3) is 0 Å². The molecular weight excluding hydrogens is 543 g/mol. The van der Waals surface area contributed by atoms with Gasteiger partial charge < -0.3 is 18.9 Å². The number of ether oxygens (including phenoxy) is 2. The fourth-order valence-electron chi connectivity index (χ4n) is 4.44. The van der Waals surface area contributed by atoms with Crippen LogP contribution in [0.5, 0.6) is 0 Å². The zero-order valence-corrected chi connectivity index (χ0v) is 28.8. The van der Waals surface area contributed by atoms with Crippen LogP contribution in [-0.4, -0.2) is 47.5 Å². The van der Waals surface area contributed by atoms with Gasteiger partial charge in [-0.25, -0.2) is 9.36 Å². The van der Waals surface area contributed by atoms with Gasteiger partial charge in [-0.2, -0.15) is 11.8 Å². The first kappa shape index (κ1) is 39.9. The average Bonchev–Trinajstić information content (AvgIpc) is 2.90. The van der Waals surface area contributed by atoms with Crippen molar-refractivity contribution in [2.45, 2.75) is 168 Å². The topological polar surface area (TPSA) is 82.1 Å². The molecule has 0 aromatic rings. The summed E-state index contributed by atoms with van der Waals surface area (Å²) in [5, 5.41) is 0.460. The second-order valence-corrected chi connectivity index (χ2v) is 15.6. The molecule has 0 spiro atoms. The largest absolute Gasteiger partial charge is 0.456 e. The van der Waals surface area contributed by atoms with E-state index in [0.717, 1.165) is 6.42 Å². The van der Waals surface area contributed by atoms with E-state index in [-0.39, 0.29) is 24.7 Å². The number of thioether (sulfide) groups is 1. The molecule has 40 heavy (non-hydrogen) atoms. The maximum absolute atomic E-state index is 12.1. The Labute approximate surface area is 252 Å². The summed E-state index contributed by atoms with van der Waals surface area (Å²) < 4.78 is 28.2. The van der Waals surface area contributed by atoms with Gasteiger partial charge >= 0.3 is 13.3 Å². The molecule has 0 saturated carbocycles. The summed E-state index contributed by atoms with van der Waals surface area (Å²) in [6, 6.07) is 0. The van der Waals surface area contributed by atoms with Crippen LogP contribution in [0.4, 0.5) is 4.79 Å². The molecule has 6 nitrogen and oxygen atoms in total. The Morgan fingerprint density at radius 3 is 1.80 bits per heavy atom. The molecule has 0 saturated heterocycles. The summed E-state index contributed by atoms with van der Waals surface area (Å²) in [5.41, 5.74) is -1.46. The molecule has 0 radical (unpaired) electrons. The SMILES string of the molecule is CCCCCCCCCCCCSC(CCCCCCCC)C(C)OCCCOP(=O)(O)C(=O)OCC(C)(C)C. The van der Waals surface area contributed by atoms with E-state index >= 15 is 0 Å². The van der Waals surface area contributed by atoms with Crippen LogP contribution in [0.2, 0.25) is 0 Å². The van der Waals surface area contributed by atoms with E-state index in [2.05, 4.69) is 32.5 Å². The third kappa shape index (κ3) is 24.5. The van der Waals surface area contributed by atoms with E-state index in [0.29, 0.717) is 18.3 Å². The molecular formula is C32H65O6PS. The smallest absolute Gasteiger partial charge is 0.435 e. The maximum atomic E-state index is 12.1. The number of hydrogen-bond acceptors (Lipinski definition) is 6. The summed E-state index contributed by atoms with van der Waals surface area (Å²) in [4.78, 5) is 21.8. The molecule has 240 valence electrons. The summed E-state index contributed by atoms with van der Waals surface area (Å²) in [5.74, 6) is 1.18. The van der Waals surface area contributed by atoms with Gasteiger partial charge in [-0.1, -0.05) is 131 Å². The number of rotatable bonds is 28. The van der Waals surface area contributed by atoms with Crippen LogP contribution in [0.3, 0.4) is 0 Å². The molecule has 0 fully saturated rings. The van der Waals surface area contributed by atoms with Gasteiger partial charge in [-0.3, -0.25) is 0 Å². The van der Waals surface area contributed by atoms with Crippen LogP contribution >= 0.6 is 19.4 Å². The number of hydrogen-bond donors (Lipinski definition) is 1. The average molecular weight is 609 g/mol. The van der Waals surface area contributed by atoms with E-state index in [1.54, 1.807) is 0 Å². The van der Waals surface area contributed by atoms with Crippen molar-refractivity contribution in [1.82, 2.24) is 0 Å². The van der Waals surface area contributed by atoms with Gasteiger partial charge in [-0.15, -0.1) is 0 Å². The summed E-state index contributed by atoms with van der Waals surface area (Å²) in [6.45, 7) is 12.8. The normalized spacial score (nSPS) is 15.1. The molecule has 0 aromatic carbocycles. The molecule has 0 aliphatic carbocycles. The Bertz CT molecular complexity index is 639. The molecule has 8 heteroatoms. The number of carbonyl (C=O) groups is 1. The zero-order chi connectivity index (χ0) is 30.1. The third-order valence-electron chi connectivity index (χ3n) is 6.99. The minimum atomic E-state index is -4.44. The molecule has 0 heterocycles. The van der Waals surface area contributed by atoms with Gasteiger partial charge in [0.2, 0.25) is 0 Å². The van der Waals surface area contributed by atoms with Crippen molar-refractivity contribution in [3.63, 3.8) is 0 Å². The van der Waals surface area contributed by atoms with Crippen LogP contribution in [0, 0.1) is 5.41 Å². The predicted molar refractivity (Wildman–Crippen MR) is 173 cm³/mol. The lowest BCUT2D eigenvalue weighted by molar-refractivity contribution is 0.0533. The monoisotopic (exact) mass is 608 g/mol. The first-order valence-electron chi connectivity index (χ1n) is 16.4. The summed E-state index contributed by atoms with van der Waals surface area (Å²) >= 11 is 2.05. The Morgan fingerprint density at radius 1 is 0.775 bits per heavy atom. The summed E-state index contributed by atoms with van der Waals surface area (Å²) in [6.07, 6.45) is 23.1. The Morgan fingerprint density at radius 2 is 1.27 bits per heavy atom. The van der Waals surface area contributed by atoms with Gasteiger partial charge in [0.1, 0.15) is 0 Å². The highest BCUT2D eigenvalue weighted by Crippen LogP contribution is 2.44. The first-order valence-corrected chi connectivity index (χ1v) is 19.0. The molecule has 3 unspecified atom stereocenters. The Hall–Kier alpha value is -0.0700. The first-order chi connectivity index (χ1) is 19.0. The third-order valence-corrected chi connectivity index (χ3v) is 9.69. The van der Waals surface area contributed by atoms with Crippen molar-refractivity contribution < 1.29 is 28.3 Å².